The van der Waals surface area contributed by atoms with Crippen LogP contribution in [0.2, 0.25) is 0 Å². The van der Waals surface area contributed by atoms with Gasteiger partial charge in [-0.2, -0.15) is 4.31 Å². The van der Waals surface area contributed by atoms with Crippen LogP contribution in [0.1, 0.15) is 19.4 Å². The molecule has 0 aromatic heterocycles. The Labute approximate surface area is 188 Å². The first-order valence-electron chi connectivity index (χ1n) is 9.99. The van der Waals surface area contributed by atoms with Crippen molar-refractivity contribution in [3.63, 3.8) is 0 Å². The van der Waals surface area contributed by atoms with Gasteiger partial charge in [-0.3, -0.25) is 14.4 Å². The molecule has 1 aromatic carbocycles. The third kappa shape index (κ3) is 5.88. The minimum absolute atomic E-state index is 0.201. The highest BCUT2D eigenvalue weighted by Gasteiger charge is 2.47. The fourth-order valence-corrected chi connectivity index (χ4v) is 4.04. The first kappa shape index (κ1) is 25.4. The zero-order valence-electron chi connectivity index (χ0n) is 18.9. The molecule has 1 aliphatic heterocycles. The molecule has 2 N–H and O–H groups in total. The summed E-state index contributed by atoms with van der Waals surface area (Å²) in [5.74, 6) is -0.436. The monoisotopic (exact) mass is 470 g/mol. The Hall–Kier alpha value is -2.86. The molecule has 0 spiro atoms. The Morgan fingerprint density at radius 2 is 1.91 bits per heavy atom. The van der Waals surface area contributed by atoms with Crippen molar-refractivity contribution in [1.29, 1.82) is 0 Å². The summed E-state index contributed by atoms with van der Waals surface area (Å²) in [4.78, 5) is 38.5. The number of hydrogen-bond acceptors (Lipinski definition) is 7. The molecular weight excluding hydrogens is 440 g/mol. The van der Waals surface area contributed by atoms with Crippen LogP contribution in [0.5, 0.6) is 11.5 Å². The minimum Gasteiger partial charge on any atom is -0.493 e. The van der Waals surface area contributed by atoms with Gasteiger partial charge in [-0.1, -0.05) is 6.07 Å². The maximum absolute atomic E-state index is 12.8. The lowest BCUT2D eigenvalue weighted by molar-refractivity contribution is -0.150. The number of benzene rings is 1. The number of piperazine rings is 1. The van der Waals surface area contributed by atoms with Gasteiger partial charge in [0.25, 0.3) is 0 Å². The molecular formula is C20H30N4O7S. The van der Waals surface area contributed by atoms with Gasteiger partial charge >= 0.3 is 0 Å². The standard InChI is InChI=1S/C20H30N4O7S/c1-6-31-16-9-14(7-8-15(16)30-4)10-21-17(25)11-22-19(27)20(2)13-24(32(5,28)29)12-18(26)23(20)3/h7-9H,6,10-13H2,1-5H3,(H,21,25)(H,22,27)/t20-/m0/s1. The van der Waals surface area contributed by atoms with Crippen LogP contribution in [0.4, 0.5) is 0 Å². The van der Waals surface area contributed by atoms with Crippen molar-refractivity contribution in [2.75, 3.05) is 46.7 Å². The van der Waals surface area contributed by atoms with Crippen LogP contribution in [0, 0.1) is 0 Å². The molecule has 3 amide bonds. The zero-order chi connectivity index (χ0) is 24.1. The molecule has 1 fully saturated rings. The highest BCUT2D eigenvalue weighted by molar-refractivity contribution is 7.88. The topological polar surface area (TPSA) is 134 Å². The molecule has 1 aliphatic rings. The number of amides is 3. The molecule has 0 bridgehead atoms. The zero-order valence-corrected chi connectivity index (χ0v) is 19.7. The van der Waals surface area contributed by atoms with Crippen LogP contribution >= 0.6 is 0 Å². The van der Waals surface area contributed by atoms with Crippen molar-refractivity contribution in [2.24, 2.45) is 0 Å². The minimum atomic E-state index is -3.66. The van der Waals surface area contributed by atoms with Crippen LogP contribution in [0.3, 0.4) is 0 Å². The highest BCUT2D eigenvalue weighted by atomic mass is 32.2. The number of hydrogen-bond donors (Lipinski definition) is 2. The SMILES string of the molecule is CCOc1cc(CNC(=O)CNC(=O)[C@]2(C)CN(S(C)(=O)=O)CC(=O)N2C)ccc1OC. The van der Waals surface area contributed by atoms with Gasteiger partial charge in [-0.25, -0.2) is 8.42 Å². The first-order chi connectivity index (χ1) is 14.9. The number of carbonyl (C=O) groups excluding carboxylic acids is 3. The van der Waals surface area contributed by atoms with Gasteiger partial charge in [0, 0.05) is 20.1 Å². The summed E-state index contributed by atoms with van der Waals surface area (Å²) < 4.78 is 35.5. The normalized spacial score (nSPS) is 19.4. The van der Waals surface area contributed by atoms with Crippen molar-refractivity contribution in [2.45, 2.75) is 25.9 Å². The second kappa shape index (κ2) is 10.2. The number of methoxy groups -OCH3 is 1. The predicted octanol–water partition coefficient (Wildman–Crippen LogP) is -0.681. The van der Waals surface area contributed by atoms with Gasteiger partial charge in [-0.05, 0) is 31.5 Å². The predicted molar refractivity (Wildman–Crippen MR) is 117 cm³/mol. The number of likely N-dealkylation sites (N-methyl/N-ethyl adjacent to an activating group) is 1. The van der Waals surface area contributed by atoms with Crippen molar-refractivity contribution in [1.82, 2.24) is 19.8 Å². The molecule has 1 atom stereocenters. The molecule has 0 aliphatic carbocycles. The third-order valence-electron chi connectivity index (χ3n) is 5.30. The number of ether oxygens (including phenoxy) is 2. The molecule has 0 radical (unpaired) electrons. The Kier molecular flexibility index (Phi) is 8.07. The molecule has 2 rings (SSSR count). The van der Waals surface area contributed by atoms with Crippen molar-refractivity contribution >= 4 is 27.7 Å². The largest absolute Gasteiger partial charge is 0.493 e. The Bertz CT molecular complexity index is 982. The van der Waals surface area contributed by atoms with E-state index in [0.717, 1.165) is 16.1 Å². The molecule has 1 aromatic rings. The average Bonchev–Trinajstić information content (AvgIpc) is 2.73. The maximum Gasteiger partial charge on any atom is 0.247 e. The summed E-state index contributed by atoms with van der Waals surface area (Å²) in [6, 6.07) is 5.27. The first-order valence-corrected chi connectivity index (χ1v) is 11.8. The van der Waals surface area contributed by atoms with Gasteiger partial charge in [0.15, 0.2) is 11.5 Å². The summed E-state index contributed by atoms with van der Waals surface area (Å²) in [6.45, 7) is 3.12. The van der Waals surface area contributed by atoms with E-state index >= 15 is 0 Å². The molecule has 0 saturated carbocycles. The quantitative estimate of drug-likeness (QED) is 0.488. The third-order valence-corrected chi connectivity index (χ3v) is 6.49. The van der Waals surface area contributed by atoms with Crippen molar-refractivity contribution in [3.05, 3.63) is 23.8 Å². The summed E-state index contributed by atoms with van der Waals surface area (Å²) in [7, 11) is -0.694. The van der Waals surface area contributed by atoms with E-state index in [4.69, 9.17) is 9.47 Å². The second-order valence-electron chi connectivity index (χ2n) is 7.64. The van der Waals surface area contributed by atoms with Crippen LogP contribution in [0.15, 0.2) is 18.2 Å². The van der Waals surface area contributed by atoms with Crippen molar-refractivity contribution < 1.29 is 32.3 Å². The smallest absolute Gasteiger partial charge is 0.247 e. The number of rotatable bonds is 9. The average molecular weight is 471 g/mol. The molecule has 0 unspecified atom stereocenters. The number of nitrogens with zero attached hydrogens (tertiary/aromatic N) is 2. The van der Waals surface area contributed by atoms with Gasteiger partial charge in [0.05, 0.1) is 33.1 Å². The van der Waals surface area contributed by atoms with E-state index in [0.29, 0.717) is 18.1 Å². The molecule has 12 heteroatoms. The van der Waals surface area contributed by atoms with E-state index in [9.17, 15) is 22.8 Å². The van der Waals surface area contributed by atoms with Crippen LogP contribution in [-0.2, 0) is 31.0 Å². The van der Waals surface area contributed by atoms with Crippen LogP contribution in [0.25, 0.3) is 0 Å². The highest BCUT2D eigenvalue weighted by Crippen LogP contribution is 2.28. The summed E-state index contributed by atoms with van der Waals surface area (Å²) >= 11 is 0. The van der Waals surface area contributed by atoms with Gasteiger partial charge < -0.3 is 25.0 Å². The molecule has 1 heterocycles. The van der Waals surface area contributed by atoms with Crippen LogP contribution < -0.4 is 20.1 Å². The van der Waals surface area contributed by atoms with Gasteiger partial charge in [0.2, 0.25) is 27.7 Å². The second-order valence-corrected chi connectivity index (χ2v) is 9.62. The maximum atomic E-state index is 12.8. The summed E-state index contributed by atoms with van der Waals surface area (Å²) in [5.41, 5.74) is -0.663. The van der Waals surface area contributed by atoms with E-state index in [-0.39, 0.29) is 26.2 Å². The molecule has 1 saturated heterocycles. The lowest BCUT2D eigenvalue weighted by Crippen LogP contribution is -2.68. The molecule has 178 valence electrons. The van der Waals surface area contributed by atoms with Gasteiger partial charge in [0.1, 0.15) is 5.54 Å². The summed E-state index contributed by atoms with van der Waals surface area (Å²) in [6.07, 6.45) is 0.980. The van der Waals surface area contributed by atoms with Gasteiger partial charge in [-0.15, -0.1) is 0 Å². The number of carbonyl (C=O) groups is 3. The van der Waals surface area contributed by atoms with E-state index in [2.05, 4.69) is 10.6 Å². The fraction of sp³-hybridized carbons (Fsp3) is 0.550. The van der Waals surface area contributed by atoms with E-state index < -0.39 is 33.3 Å². The summed E-state index contributed by atoms with van der Waals surface area (Å²) in [5, 5.41) is 5.18. The Morgan fingerprint density at radius 1 is 1.22 bits per heavy atom. The van der Waals surface area contributed by atoms with Crippen LogP contribution in [-0.4, -0.2) is 87.5 Å². The van der Waals surface area contributed by atoms with Crippen molar-refractivity contribution in [3.8, 4) is 11.5 Å². The van der Waals surface area contributed by atoms with E-state index in [1.165, 1.54) is 26.0 Å². The lowest BCUT2D eigenvalue weighted by atomic mass is 9.96. The number of sulfonamides is 1. The number of nitrogens with one attached hydrogen (secondary N) is 2. The fourth-order valence-electron chi connectivity index (χ4n) is 3.21. The Balaban J connectivity index is 1.96. The van der Waals surface area contributed by atoms with E-state index in [1.807, 2.05) is 6.92 Å². The van der Waals surface area contributed by atoms with E-state index in [1.54, 1.807) is 18.2 Å². The lowest BCUT2D eigenvalue weighted by Gasteiger charge is -2.44. The Morgan fingerprint density at radius 3 is 2.50 bits per heavy atom. The molecule has 11 nitrogen and oxygen atoms in total. The molecule has 32 heavy (non-hydrogen) atoms.